The van der Waals surface area contributed by atoms with Gasteiger partial charge in [0.25, 0.3) is 0 Å². The molecule has 1 N–H and O–H groups in total. The second-order valence-corrected chi connectivity index (χ2v) is 7.10. The first kappa shape index (κ1) is 13.2. The molecule has 0 spiro atoms. The Morgan fingerprint density at radius 2 is 2.20 bits per heavy atom. The lowest BCUT2D eigenvalue weighted by Gasteiger charge is -2.35. The van der Waals surface area contributed by atoms with E-state index in [4.69, 9.17) is 0 Å². The maximum Gasteiger partial charge on any atom is 0.0244 e. The molecule has 0 aliphatic heterocycles. The van der Waals surface area contributed by atoms with E-state index in [9.17, 15) is 4.21 Å². The topological polar surface area (TPSA) is 29.1 Å². The van der Waals surface area contributed by atoms with Crippen molar-refractivity contribution in [3.05, 3.63) is 0 Å². The van der Waals surface area contributed by atoms with Crippen molar-refractivity contribution in [1.29, 1.82) is 0 Å². The lowest BCUT2D eigenvalue weighted by molar-refractivity contribution is 0.199. The zero-order valence-electron chi connectivity index (χ0n) is 10.3. The third kappa shape index (κ3) is 5.67. The van der Waals surface area contributed by atoms with E-state index in [1.54, 1.807) is 6.26 Å². The molecule has 0 aromatic carbocycles. The predicted molar refractivity (Wildman–Crippen MR) is 67.6 cm³/mol. The average molecular weight is 231 g/mol. The summed E-state index contributed by atoms with van der Waals surface area (Å²) < 4.78 is 10.9. The standard InChI is InChI=1S/C12H25NOS/c1-12(2)7-4-6-11(10-12)13-8-5-9-15(3)14/h11,13H,4-10H2,1-3H3. The van der Waals surface area contributed by atoms with E-state index in [0.29, 0.717) is 11.5 Å². The minimum Gasteiger partial charge on any atom is -0.314 e. The monoisotopic (exact) mass is 231 g/mol. The number of hydrogen-bond donors (Lipinski definition) is 1. The first-order valence-electron chi connectivity index (χ1n) is 6.03. The molecule has 15 heavy (non-hydrogen) atoms. The van der Waals surface area contributed by atoms with Crippen molar-refractivity contribution in [3.63, 3.8) is 0 Å². The largest absolute Gasteiger partial charge is 0.314 e. The highest BCUT2D eigenvalue weighted by Gasteiger charge is 2.27. The zero-order valence-corrected chi connectivity index (χ0v) is 11.2. The Morgan fingerprint density at radius 1 is 1.47 bits per heavy atom. The van der Waals surface area contributed by atoms with E-state index in [1.807, 2.05) is 0 Å². The smallest absolute Gasteiger partial charge is 0.0244 e. The molecule has 2 atom stereocenters. The molecule has 0 amide bonds. The van der Waals surface area contributed by atoms with Crippen LogP contribution in [-0.2, 0) is 10.8 Å². The van der Waals surface area contributed by atoms with E-state index in [-0.39, 0.29) is 0 Å². The van der Waals surface area contributed by atoms with E-state index in [1.165, 1.54) is 25.7 Å². The summed E-state index contributed by atoms with van der Waals surface area (Å²) in [7, 11) is -0.627. The van der Waals surface area contributed by atoms with Crippen molar-refractivity contribution in [2.75, 3.05) is 18.6 Å². The fourth-order valence-corrected chi connectivity index (χ4v) is 3.00. The quantitative estimate of drug-likeness (QED) is 0.736. The van der Waals surface area contributed by atoms with Crippen LogP contribution in [0.4, 0.5) is 0 Å². The number of hydrogen-bond acceptors (Lipinski definition) is 2. The van der Waals surface area contributed by atoms with Crippen LogP contribution in [0.1, 0.15) is 46.0 Å². The van der Waals surface area contributed by atoms with Crippen LogP contribution in [0.2, 0.25) is 0 Å². The Bertz CT molecular complexity index is 216. The maximum absolute atomic E-state index is 10.9. The van der Waals surface area contributed by atoms with Crippen molar-refractivity contribution in [2.45, 2.75) is 52.0 Å². The van der Waals surface area contributed by atoms with Crippen LogP contribution in [0.5, 0.6) is 0 Å². The first-order chi connectivity index (χ1) is 6.99. The van der Waals surface area contributed by atoms with Crippen LogP contribution >= 0.6 is 0 Å². The normalized spacial score (nSPS) is 27.5. The molecule has 1 fully saturated rings. The van der Waals surface area contributed by atoms with Gasteiger partial charge in [0.15, 0.2) is 0 Å². The Hall–Kier alpha value is 0.110. The second-order valence-electron chi connectivity index (χ2n) is 5.54. The fourth-order valence-electron chi connectivity index (χ4n) is 2.45. The summed E-state index contributed by atoms with van der Waals surface area (Å²) in [6.07, 6.45) is 8.15. The van der Waals surface area contributed by atoms with E-state index < -0.39 is 10.8 Å². The Labute approximate surface area is 96.7 Å². The minimum atomic E-state index is -0.627. The first-order valence-corrected chi connectivity index (χ1v) is 7.76. The summed E-state index contributed by atoms with van der Waals surface area (Å²) >= 11 is 0. The molecule has 1 saturated carbocycles. The van der Waals surface area contributed by atoms with Gasteiger partial charge in [-0.1, -0.05) is 20.3 Å². The highest BCUT2D eigenvalue weighted by atomic mass is 32.2. The molecule has 0 aromatic rings. The molecule has 0 radical (unpaired) electrons. The fraction of sp³-hybridized carbons (Fsp3) is 1.00. The molecule has 1 aliphatic rings. The van der Waals surface area contributed by atoms with Gasteiger partial charge < -0.3 is 5.32 Å². The Morgan fingerprint density at radius 3 is 2.80 bits per heavy atom. The average Bonchev–Trinajstić information content (AvgIpc) is 2.10. The molecule has 0 bridgehead atoms. The Kier molecular flexibility index (Phi) is 5.27. The lowest BCUT2D eigenvalue weighted by Crippen LogP contribution is -2.37. The number of nitrogens with one attached hydrogen (secondary N) is 1. The van der Waals surface area contributed by atoms with Crippen LogP contribution in [0.3, 0.4) is 0 Å². The zero-order chi connectivity index (χ0) is 11.3. The number of rotatable bonds is 5. The maximum atomic E-state index is 10.9. The molecule has 2 unspecified atom stereocenters. The predicted octanol–water partition coefficient (Wildman–Crippen LogP) is 2.31. The highest BCUT2D eigenvalue weighted by molar-refractivity contribution is 7.84. The lowest BCUT2D eigenvalue weighted by atomic mass is 9.75. The molecular formula is C12H25NOS. The molecular weight excluding hydrogens is 206 g/mol. The summed E-state index contributed by atoms with van der Waals surface area (Å²) in [4.78, 5) is 0. The van der Waals surface area contributed by atoms with Gasteiger partial charge in [0.05, 0.1) is 0 Å². The summed E-state index contributed by atoms with van der Waals surface area (Å²) in [6.45, 7) is 5.75. The van der Waals surface area contributed by atoms with Gasteiger partial charge in [-0.3, -0.25) is 4.21 Å². The van der Waals surface area contributed by atoms with Gasteiger partial charge >= 0.3 is 0 Å². The van der Waals surface area contributed by atoms with Gasteiger partial charge in [0.2, 0.25) is 0 Å². The Balaban J connectivity index is 2.13. The van der Waals surface area contributed by atoms with E-state index in [0.717, 1.165) is 18.7 Å². The molecule has 2 nitrogen and oxygen atoms in total. The van der Waals surface area contributed by atoms with Crippen molar-refractivity contribution >= 4 is 10.8 Å². The van der Waals surface area contributed by atoms with E-state index >= 15 is 0 Å². The van der Waals surface area contributed by atoms with Crippen LogP contribution in [0.25, 0.3) is 0 Å². The van der Waals surface area contributed by atoms with Crippen molar-refractivity contribution in [1.82, 2.24) is 5.32 Å². The molecule has 0 aromatic heterocycles. The molecule has 90 valence electrons. The second kappa shape index (κ2) is 6.00. The minimum absolute atomic E-state index is 0.517. The third-order valence-electron chi connectivity index (χ3n) is 3.25. The van der Waals surface area contributed by atoms with Gasteiger partial charge in [0.1, 0.15) is 0 Å². The van der Waals surface area contributed by atoms with Gasteiger partial charge in [-0.2, -0.15) is 0 Å². The highest BCUT2D eigenvalue weighted by Crippen LogP contribution is 2.34. The molecule has 0 heterocycles. The van der Waals surface area contributed by atoms with Crippen LogP contribution < -0.4 is 5.32 Å². The van der Waals surface area contributed by atoms with Crippen LogP contribution in [-0.4, -0.2) is 28.8 Å². The molecule has 1 rings (SSSR count). The van der Waals surface area contributed by atoms with E-state index in [2.05, 4.69) is 19.2 Å². The van der Waals surface area contributed by atoms with Gasteiger partial charge in [0, 0.05) is 28.9 Å². The summed E-state index contributed by atoms with van der Waals surface area (Å²) in [5.41, 5.74) is 0.517. The summed E-state index contributed by atoms with van der Waals surface area (Å²) in [5, 5.41) is 3.60. The van der Waals surface area contributed by atoms with Gasteiger partial charge in [-0.05, 0) is 37.6 Å². The molecule has 3 heteroatoms. The molecule has 1 aliphatic carbocycles. The molecule has 0 saturated heterocycles. The van der Waals surface area contributed by atoms with Crippen molar-refractivity contribution in [2.24, 2.45) is 5.41 Å². The van der Waals surface area contributed by atoms with Gasteiger partial charge in [-0.25, -0.2) is 0 Å². The summed E-state index contributed by atoms with van der Waals surface area (Å²) in [5.74, 6) is 0.836. The van der Waals surface area contributed by atoms with Crippen molar-refractivity contribution in [3.8, 4) is 0 Å². The van der Waals surface area contributed by atoms with Crippen molar-refractivity contribution < 1.29 is 4.21 Å². The van der Waals surface area contributed by atoms with Crippen LogP contribution in [0, 0.1) is 5.41 Å². The third-order valence-corrected chi connectivity index (χ3v) is 4.11. The summed E-state index contributed by atoms with van der Waals surface area (Å²) in [6, 6.07) is 0.694. The van der Waals surface area contributed by atoms with Crippen LogP contribution in [0.15, 0.2) is 0 Å². The van der Waals surface area contributed by atoms with Gasteiger partial charge in [-0.15, -0.1) is 0 Å². The SMILES string of the molecule is CS(=O)CCCNC1CCCC(C)(C)C1.